The Morgan fingerprint density at radius 3 is 2.71 bits per heavy atom. The second kappa shape index (κ2) is 8.64. The summed E-state index contributed by atoms with van der Waals surface area (Å²) in [6, 6.07) is 7.65. The van der Waals surface area contributed by atoms with Crippen LogP contribution >= 0.6 is 11.8 Å². The number of rotatable bonds is 7. The molecule has 0 fully saturated rings. The Kier molecular flexibility index (Phi) is 6.55. The molecule has 0 radical (unpaired) electrons. The zero-order valence-electron chi connectivity index (χ0n) is 14.6. The summed E-state index contributed by atoms with van der Waals surface area (Å²) in [7, 11) is 1.68. The number of methoxy groups -OCH3 is 1. The van der Waals surface area contributed by atoms with Crippen LogP contribution in [0.5, 0.6) is 5.75 Å². The topological polar surface area (TPSA) is 57.4 Å². The van der Waals surface area contributed by atoms with Gasteiger partial charge in [0, 0.05) is 22.0 Å². The molecule has 4 nitrogen and oxygen atoms in total. The Hall–Kier alpha value is -2.14. The van der Waals surface area contributed by atoms with E-state index in [9.17, 15) is 0 Å². The van der Waals surface area contributed by atoms with Crippen molar-refractivity contribution in [2.45, 2.75) is 27.2 Å². The minimum Gasteiger partial charge on any atom is -0.493 e. The Labute approximate surface area is 147 Å². The Morgan fingerprint density at radius 1 is 1.29 bits per heavy atom. The van der Waals surface area contributed by atoms with Gasteiger partial charge in [-0.2, -0.15) is 0 Å². The highest BCUT2D eigenvalue weighted by Gasteiger charge is 2.12. The van der Waals surface area contributed by atoms with Crippen LogP contribution < -0.4 is 10.5 Å². The number of pyridine rings is 1. The number of nitrogens with two attached hydrogens (primary N) is 1. The monoisotopic (exact) mass is 344 g/mol. The standard InChI is InChI=1S/C19H24N2O2S/c1-5-8-19(22-4)24-18(6-2)16-12-17(23-7-3)14-11-13(20)9-10-15(14)21-16/h6,8-12H,5,7,20H2,1-4H3/b18-6-,19-8-. The largest absolute Gasteiger partial charge is 0.493 e. The van der Waals surface area contributed by atoms with Crippen LogP contribution in [0, 0.1) is 0 Å². The third kappa shape index (κ3) is 4.23. The van der Waals surface area contributed by atoms with E-state index in [4.69, 9.17) is 20.2 Å². The van der Waals surface area contributed by atoms with Crippen molar-refractivity contribution in [3.05, 3.63) is 47.2 Å². The smallest absolute Gasteiger partial charge is 0.153 e. The number of anilines is 1. The van der Waals surface area contributed by atoms with Gasteiger partial charge in [0.25, 0.3) is 0 Å². The first-order valence-electron chi connectivity index (χ1n) is 8.04. The van der Waals surface area contributed by atoms with Crippen LogP contribution in [0.2, 0.25) is 0 Å². The molecule has 0 bridgehead atoms. The molecule has 2 aromatic rings. The molecule has 2 rings (SSSR count). The lowest BCUT2D eigenvalue weighted by atomic mass is 10.1. The molecule has 2 N–H and O–H groups in total. The average molecular weight is 344 g/mol. The summed E-state index contributed by atoms with van der Waals surface area (Å²) in [5.74, 6) is 0.795. The fourth-order valence-electron chi connectivity index (χ4n) is 2.31. The van der Waals surface area contributed by atoms with Crippen LogP contribution in [0.1, 0.15) is 32.9 Å². The van der Waals surface area contributed by atoms with Gasteiger partial charge in [0.2, 0.25) is 0 Å². The number of nitrogen functional groups attached to an aromatic ring is 1. The van der Waals surface area contributed by atoms with Crippen molar-refractivity contribution in [2.24, 2.45) is 0 Å². The van der Waals surface area contributed by atoms with Gasteiger partial charge in [0.05, 0.1) is 24.9 Å². The molecule has 0 spiro atoms. The van der Waals surface area contributed by atoms with Crippen LogP contribution in [-0.2, 0) is 4.74 Å². The van der Waals surface area contributed by atoms with Crippen molar-refractivity contribution in [1.82, 2.24) is 4.98 Å². The molecular formula is C19H24N2O2S. The van der Waals surface area contributed by atoms with E-state index >= 15 is 0 Å². The van der Waals surface area contributed by atoms with Gasteiger partial charge in [-0.25, -0.2) is 4.98 Å². The van der Waals surface area contributed by atoms with Crippen LogP contribution in [0.3, 0.4) is 0 Å². The van der Waals surface area contributed by atoms with E-state index < -0.39 is 0 Å². The predicted molar refractivity (Wildman–Crippen MR) is 104 cm³/mol. The molecule has 5 heteroatoms. The minimum absolute atomic E-state index is 0.588. The van der Waals surface area contributed by atoms with Gasteiger partial charge in [0.15, 0.2) is 5.09 Å². The molecule has 1 aromatic carbocycles. The fraction of sp³-hybridized carbons (Fsp3) is 0.316. The molecule has 1 aromatic heterocycles. The molecule has 0 aliphatic rings. The highest BCUT2D eigenvalue weighted by atomic mass is 32.2. The van der Waals surface area contributed by atoms with E-state index in [-0.39, 0.29) is 0 Å². The molecular weight excluding hydrogens is 320 g/mol. The predicted octanol–water partition coefficient (Wildman–Crippen LogP) is 5.21. The van der Waals surface area contributed by atoms with Crippen molar-refractivity contribution in [1.29, 1.82) is 0 Å². The van der Waals surface area contributed by atoms with Crippen molar-refractivity contribution < 1.29 is 9.47 Å². The minimum atomic E-state index is 0.588. The number of ether oxygens (including phenoxy) is 2. The third-order valence-electron chi connectivity index (χ3n) is 3.39. The summed E-state index contributed by atoms with van der Waals surface area (Å²) >= 11 is 1.56. The normalized spacial score (nSPS) is 12.5. The first-order valence-corrected chi connectivity index (χ1v) is 8.86. The van der Waals surface area contributed by atoms with E-state index in [1.54, 1.807) is 18.9 Å². The highest BCUT2D eigenvalue weighted by Crippen LogP contribution is 2.37. The van der Waals surface area contributed by atoms with Crippen molar-refractivity contribution in [3.63, 3.8) is 0 Å². The molecule has 0 unspecified atom stereocenters. The van der Waals surface area contributed by atoms with Gasteiger partial charge in [0.1, 0.15) is 5.75 Å². The van der Waals surface area contributed by atoms with Crippen LogP contribution in [0.25, 0.3) is 15.8 Å². The molecule has 0 aliphatic heterocycles. The molecule has 0 atom stereocenters. The number of aromatic nitrogens is 1. The van der Waals surface area contributed by atoms with Crippen LogP contribution in [0.15, 0.2) is 41.5 Å². The Balaban J connectivity index is 2.50. The van der Waals surface area contributed by atoms with Gasteiger partial charge in [-0.05, 0) is 44.5 Å². The molecule has 0 saturated carbocycles. The number of allylic oxidation sites excluding steroid dienone is 2. The molecule has 0 aliphatic carbocycles. The van der Waals surface area contributed by atoms with Gasteiger partial charge in [-0.15, -0.1) is 0 Å². The highest BCUT2D eigenvalue weighted by molar-refractivity contribution is 8.11. The molecule has 0 amide bonds. The number of benzene rings is 1. The third-order valence-corrected chi connectivity index (χ3v) is 4.59. The first kappa shape index (κ1) is 18.2. The zero-order chi connectivity index (χ0) is 17.5. The maximum absolute atomic E-state index is 5.91. The second-order valence-corrected chi connectivity index (χ2v) is 6.15. The maximum Gasteiger partial charge on any atom is 0.153 e. The Bertz CT molecular complexity index is 769. The number of thioether (sulfide) groups is 1. The summed E-state index contributed by atoms with van der Waals surface area (Å²) in [5, 5.41) is 1.79. The number of hydrogen-bond donors (Lipinski definition) is 1. The lowest BCUT2D eigenvalue weighted by Crippen LogP contribution is -1.98. The summed E-state index contributed by atoms with van der Waals surface area (Å²) in [5.41, 5.74) is 8.34. The zero-order valence-corrected chi connectivity index (χ0v) is 15.4. The van der Waals surface area contributed by atoms with Crippen LogP contribution in [-0.4, -0.2) is 18.7 Å². The van der Waals surface area contributed by atoms with E-state index in [1.807, 2.05) is 44.2 Å². The van der Waals surface area contributed by atoms with E-state index in [0.717, 1.165) is 38.8 Å². The summed E-state index contributed by atoms with van der Waals surface area (Å²) in [6.07, 6.45) is 5.01. The number of nitrogens with zero attached hydrogens (tertiary/aromatic N) is 1. The van der Waals surface area contributed by atoms with Gasteiger partial charge in [-0.3, -0.25) is 0 Å². The van der Waals surface area contributed by atoms with E-state index in [2.05, 4.69) is 13.0 Å². The van der Waals surface area contributed by atoms with Crippen molar-refractivity contribution in [3.8, 4) is 5.75 Å². The average Bonchev–Trinajstić information content (AvgIpc) is 2.59. The van der Waals surface area contributed by atoms with Gasteiger partial charge < -0.3 is 15.2 Å². The Morgan fingerprint density at radius 2 is 2.08 bits per heavy atom. The molecule has 1 heterocycles. The lowest BCUT2D eigenvalue weighted by Gasteiger charge is -2.13. The lowest BCUT2D eigenvalue weighted by molar-refractivity contribution is 0.323. The maximum atomic E-state index is 5.91. The van der Waals surface area contributed by atoms with Crippen molar-refractivity contribution >= 4 is 33.3 Å². The van der Waals surface area contributed by atoms with Crippen molar-refractivity contribution in [2.75, 3.05) is 19.5 Å². The molecule has 24 heavy (non-hydrogen) atoms. The van der Waals surface area contributed by atoms with Gasteiger partial charge in [-0.1, -0.05) is 24.8 Å². The molecule has 0 saturated heterocycles. The van der Waals surface area contributed by atoms with Crippen LogP contribution in [0.4, 0.5) is 5.69 Å². The fourth-order valence-corrected chi connectivity index (χ4v) is 3.19. The molecule has 128 valence electrons. The second-order valence-electron chi connectivity index (χ2n) is 5.11. The van der Waals surface area contributed by atoms with Gasteiger partial charge >= 0.3 is 0 Å². The number of fused-ring (bicyclic) bond motifs is 1. The van der Waals surface area contributed by atoms with E-state index in [1.165, 1.54) is 0 Å². The van der Waals surface area contributed by atoms with E-state index in [0.29, 0.717) is 12.3 Å². The number of hydrogen-bond acceptors (Lipinski definition) is 5. The summed E-state index contributed by atoms with van der Waals surface area (Å²) in [4.78, 5) is 5.79. The quantitative estimate of drug-likeness (QED) is 0.552. The summed E-state index contributed by atoms with van der Waals surface area (Å²) in [6.45, 7) is 6.64. The summed E-state index contributed by atoms with van der Waals surface area (Å²) < 4.78 is 11.2. The SMILES string of the molecule is C/C=C(\S/C(=C\CC)OC)c1cc(OCC)c2cc(N)ccc2n1. The first-order chi connectivity index (χ1) is 11.6.